The highest BCUT2D eigenvalue weighted by Gasteiger charge is 2.29. The van der Waals surface area contributed by atoms with E-state index in [0.29, 0.717) is 17.4 Å². The van der Waals surface area contributed by atoms with Crippen molar-refractivity contribution in [3.63, 3.8) is 0 Å². The number of primary amides is 1. The van der Waals surface area contributed by atoms with Crippen molar-refractivity contribution in [2.24, 2.45) is 5.73 Å². The largest absolute Gasteiger partial charge is 0.481 e. The van der Waals surface area contributed by atoms with Gasteiger partial charge in [0.15, 0.2) is 0 Å². The number of methoxy groups -OCH3 is 1. The van der Waals surface area contributed by atoms with Gasteiger partial charge in [0.2, 0.25) is 11.8 Å². The van der Waals surface area contributed by atoms with Crippen LogP contribution in [0.3, 0.4) is 0 Å². The first-order valence-electron chi connectivity index (χ1n) is 10.6. The lowest BCUT2D eigenvalue weighted by Crippen LogP contribution is -2.22. The number of H-pyrrole nitrogens is 1. The molecule has 0 radical (unpaired) electrons. The predicted octanol–water partition coefficient (Wildman–Crippen LogP) is 4.67. The molecule has 0 bridgehead atoms. The number of likely N-dealkylation sites (tertiary alicyclic amines) is 1. The molecule has 1 aliphatic rings. The molecule has 7 heteroatoms. The van der Waals surface area contributed by atoms with E-state index in [1.54, 1.807) is 31.4 Å². The van der Waals surface area contributed by atoms with Crippen LogP contribution in [0.4, 0.5) is 0 Å². The van der Waals surface area contributed by atoms with Crippen LogP contribution in [-0.2, 0) is 6.54 Å². The van der Waals surface area contributed by atoms with Crippen LogP contribution in [0.2, 0.25) is 0 Å². The summed E-state index contributed by atoms with van der Waals surface area (Å²) in [4.78, 5) is 13.6. The van der Waals surface area contributed by atoms with Crippen LogP contribution in [-0.4, -0.2) is 34.7 Å². The van der Waals surface area contributed by atoms with Crippen LogP contribution in [0.1, 0.15) is 54.2 Å². The molecule has 1 aromatic heterocycles. The number of hydrogen-bond acceptors (Lipinski definition) is 5. The van der Waals surface area contributed by atoms with Crippen molar-refractivity contribution in [3.8, 4) is 17.4 Å². The molecule has 1 unspecified atom stereocenters. The third kappa shape index (κ3) is 5.44. The molecule has 1 atom stereocenters. The minimum absolute atomic E-state index is 0.309. The number of hydrogen-bond donors (Lipinski definition) is 2. The lowest BCUT2D eigenvalue weighted by Gasteiger charge is -2.24. The maximum absolute atomic E-state index is 11.1. The van der Waals surface area contributed by atoms with Gasteiger partial charge in [-0.25, -0.2) is 5.10 Å². The maximum Gasteiger partial charge on any atom is 0.248 e. The van der Waals surface area contributed by atoms with E-state index in [-0.39, 0.29) is 0 Å². The summed E-state index contributed by atoms with van der Waals surface area (Å²) < 4.78 is 11.3. The SMILES string of the molecule is CC.COc1[nH]ncc1C1CCCN1Cc1ccc(Oc2ccc(C(N)=O)cc2)cc1. The third-order valence-corrected chi connectivity index (χ3v) is 5.24. The van der Waals surface area contributed by atoms with Gasteiger partial charge in [0.25, 0.3) is 0 Å². The van der Waals surface area contributed by atoms with Gasteiger partial charge in [-0.2, -0.15) is 5.10 Å². The fourth-order valence-corrected chi connectivity index (χ4v) is 3.77. The van der Waals surface area contributed by atoms with Gasteiger partial charge >= 0.3 is 0 Å². The molecule has 0 aliphatic carbocycles. The lowest BCUT2D eigenvalue weighted by atomic mass is 10.1. The first-order chi connectivity index (χ1) is 15.1. The van der Waals surface area contributed by atoms with Gasteiger partial charge in [-0.15, -0.1) is 0 Å². The second kappa shape index (κ2) is 10.6. The van der Waals surface area contributed by atoms with E-state index >= 15 is 0 Å². The summed E-state index contributed by atoms with van der Waals surface area (Å²) in [5.74, 6) is 1.70. The zero-order valence-corrected chi connectivity index (χ0v) is 18.3. The van der Waals surface area contributed by atoms with E-state index in [1.165, 1.54) is 5.56 Å². The maximum atomic E-state index is 11.1. The highest BCUT2D eigenvalue weighted by atomic mass is 16.5. The summed E-state index contributed by atoms with van der Waals surface area (Å²) in [6.07, 6.45) is 4.11. The van der Waals surface area contributed by atoms with Crippen molar-refractivity contribution < 1.29 is 14.3 Å². The molecule has 1 amide bonds. The van der Waals surface area contributed by atoms with Gasteiger partial charge in [-0.3, -0.25) is 9.69 Å². The average Bonchev–Trinajstić information content (AvgIpc) is 3.45. The smallest absolute Gasteiger partial charge is 0.248 e. The monoisotopic (exact) mass is 422 g/mol. The molecule has 3 N–H and O–H groups in total. The first kappa shape index (κ1) is 22.4. The minimum atomic E-state index is -0.450. The summed E-state index contributed by atoms with van der Waals surface area (Å²) in [5.41, 5.74) is 8.05. The molecule has 1 fully saturated rings. The Bertz CT molecular complexity index is 967. The zero-order valence-electron chi connectivity index (χ0n) is 18.3. The number of aromatic nitrogens is 2. The van der Waals surface area contributed by atoms with Gasteiger partial charge in [0, 0.05) is 18.2 Å². The summed E-state index contributed by atoms with van der Waals surface area (Å²) >= 11 is 0. The van der Waals surface area contributed by atoms with E-state index in [4.69, 9.17) is 15.2 Å². The van der Waals surface area contributed by atoms with Crippen LogP contribution in [0, 0.1) is 0 Å². The Morgan fingerprint density at radius 1 is 1.13 bits per heavy atom. The Balaban J connectivity index is 0.00000132. The van der Waals surface area contributed by atoms with E-state index in [0.717, 1.165) is 43.1 Å². The van der Waals surface area contributed by atoms with Crippen molar-refractivity contribution in [1.82, 2.24) is 15.1 Å². The van der Waals surface area contributed by atoms with Gasteiger partial charge < -0.3 is 15.2 Å². The molecule has 4 rings (SSSR count). The average molecular weight is 423 g/mol. The number of nitrogens with one attached hydrogen (secondary N) is 1. The highest BCUT2D eigenvalue weighted by molar-refractivity contribution is 5.92. The second-order valence-electron chi connectivity index (χ2n) is 7.12. The fourth-order valence-electron chi connectivity index (χ4n) is 3.77. The summed E-state index contributed by atoms with van der Waals surface area (Å²) in [6.45, 7) is 5.90. The molecule has 1 saturated heterocycles. The second-order valence-corrected chi connectivity index (χ2v) is 7.12. The van der Waals surface area contributed by atoms with Crippen molar-refractivity contribution in [3.05, 3.63) is 71.4 Å². The summed E-state index contributed by atoms with van der Waals surface area (Å²) in [7, 11) is 1.66. The number of carbonyl (C=O) groups is 1. The van der Waals surface area contributed by atoms with Crippen LogP contribution >= 0.6 is 0 Å². The molecule has 3 aromatic rings. The molecule has 7 nitrogen and oxygen atoms in total. The summed E-state index contributed by atoms with van der Waals surface area (Å²) in [6, 6.07) is 15.2. The minimum Gasteiger partial charge on any atom is -0.481 e. The molecular weight excluding hydrogens is 392 g/mol. The number of nitrogens with zero attached hydrogens (tertiary/aromatic N) is 2. The Morgan fingerprint density at radius 3 is 2.39 bits per heavy atom. The summed E-state index contributed by atoms with van der Waals surface area (Å²) in [5, 5.41) is 7.04. The van der Waals surface area contributed by atoms with Crippen molar-refractivity contribution >= 4 is 5.91 Å². The Morgan fingerprint density at radius 2 is 1.77 bits per heavy atom. The van der Waals surface area contributed by atoms with Crippen molar-refractivity contribution in [1.29, 1.82) is 0 Å². The molecule has 2 heterocycles. The first-order valence-corrected chi connectivity index (χ1v) is 10.6. The normalized spacial score (nSPS) is 15.8. The predicted molar refractivity (Wildman–Crippen MR) is 120 cm³/mol. The van der Waals surface area contributed by atoms with Crippen molar-refractivity contribution in [2.75, 3.05) is 13.7 Å². The van der Waals surface area contributed by atoms with E-state index < -0.39 is 5.91 Å². The number of nitrogens with two attached hydrogens (primary N) is 1. The number of ether oxygens (including phenoxy) is 2. The highest BCUT2D eigenvalue weighted by Crippen LogP contribution is 2.37. The standard InChI is InChI=1S/C22H24N4O3.C2H6/c1-28-22-19(13-24-25-22)20-3-2-12-26(20)14-15-4-8-17(9-5-15)29-18-10-6-16(7-11-18)21(23)27;1-2/h4-11,13,20H,2-3,12,14H2,1H3,(H2,23,27)(H,24,25);1-2H3. The number of aromatic amines is 1. The quantitative estimate of drug-likeness (QED) is 0.577. The van der Waals surface area contributed by atoms with E-state index in [2.05, 4.69) is 27.2 Å². The van der Waals surface area contributed by atoms with Crippen LogP contribution in [0.5, 0.6) is 17.4 Å². The van der Waals surface area contributed by atoms with Crippen LogP contribution < -0.4 is 15.2 Å². The molecule has 2 aromatic carbocycles. The molecule has 31 heavy (non-hydrogen) atoms. The number of benzene rings is 2. The third-order valence-electron chi connectivity index (χ3n) is 5.24. The Labute approximate surface area is 183 Å². The molecule has 0 saturated carbocycles. The topological polar surface area (TPSA) is 93.5 Å². The van der Waals surface area contributed by atoms with Crippen LogP contribution in [0.15, 0.2) is 54.7 Å². The van der Waals surface area contributed by atoms with Gasteiger partial charge in [0.1, 0.15) is 11.5 Å². The molecular formula is C24H30N4O3. The number of carbonyl (C=O) groups excluding carboxylic acids is 1. The van der Waals surface area contributed by atoms with Gasteiger partial charge in [-0.1, -0.05) is 26.0 Å². The fraction of sp³-hybridized carbons (Fsp3) is 0.333. The molecule has 0 spiro atoms. The van der Waals surface area contributed by atoms with E-state index in [1.807, 2.05) is 32.2 Å². The van der Waals surface area contributed by atoms with Gasteiger partial charge in [0.05, 0.1) is 18.9 Å². The number of rotatable bonds is 7. The number of amides is 1. The van der Waals surface area contributed by atoms with Crippen LogP contribution in [0.25, 0.3) is 0 Å². The molecule has 1 aliphatic heterocycles. The Kier molecular flexibility index (Phi) is 7.67. The zero-order chi connectivity index (χ0) is 22.2. The molecule has 164 valence electrons. The Hall–Kier alpha value is -3.32. The van der Waals surface area contributed by atoms with Gasteiger partial charge in [-0.05, 0) is 61.3 Å². The van der Waals surface area contributed by atoms with Crippen molar-refractivity contribution in [2.45, 2.75) is 39.3 Å². The van der Waals surface area contributed by atoms with E-state index in [9.17, 15) is 4.79 Å². The lowest BCUT2D eigenvalue weighted by molar-refractivity contribution is 0.100.